The molecule has 1 aromatic carbocycles. The van der Waals surface area contributed by atoms with Crippen molar-refractivity contribution in [3.63, 3.8) is 0 Å². The molecule has 1 aromatic rings. The number of amides is 1. The van der Waals surface area contributed by atoms with Gasteiger partial charge in [-0.25, -0.2) is 0 Å². The van der Waals surface area contributed by atoms with E-state index in [4.69, 9.17) is 0 Å². The Morgan fingerprint density at radius 1 is 1.31 bits per heavy atom. The Morgan fingerprint density at radius 3 is 2.75 bits per heavy atom. The van der Waals surface area contributed by atoms with E-state index in [0.29, 0.717) is 6.04 Å². The van der Waals surface area contributed by atoms with Gasteiger partial charge in [-0.1, -0.05) is 12.1 Å². The Hall–Kier alpha value is -0.580. The van der Waals surface area contributed by atoms with Gasteiger partial charge in [0.2, 0.25) is 0 Å². The van der Waals surface area contributed by atoms with Gasteiger partial charge in [-0.05, 0) is 59.9 Å². The van der Waals surface area contributed by atoms with Gasteiger partial charge >= 0.3 is 0 Å². The summed E-state index contributed by atoms with van der Waals surface area (Å²) in [6.07, 6.45) is 3.76. The van der Waals surface area contributed by atoms with Gasteiger partial charge in [-0.3, -0.25) is 4.79 Å². The summed E-state index contributed by atoms with van der Waals surface area (Å²) in [5, 5.41) is 0. The molecule has 1 amide bonds. The summed E-state index contributed by atoms with van der Waals surface area (Å²) in [6.45, 7) is 0.981. The van der Waals surface area contributed by atoms with Gasteiger partial charge in [0.1, 0.15) is 0 Å². The molecule has 2 atom stereocenters. The summed E-state index contributed by atoms with van der Waals surface area (Å²) in [7, 11) is 0. The second-order valence-corrected chi connectivity index (χ2v) is 5.93. The Balaban J connectivity index is 1.86. The van der Waals surface area contributed by atoms with Crippen LogP contribution in [0.15, 0.2) is 24.3 Å². The van der Waals surface area contributed by atoms with Crippen LogP contribution in [-0.4, -0.2) is 23.4 Å². The van der Waals surface area contributed by atoms with E-state index < -0.39 is 0 Å². The molecule has 1 aliphatic carbocycles. The minimum atomic E-state index is 0.234. The third-order valence-corrected chi connectivity index (χ3v) is 4.72. The fraction of sp³-hybridized carbons (Fsp3) is 0.462. The van der Waals surface area contributed by atoms with Crippen molar-refractivity contribution >= 4 is 28.5 Å². The minimum Gasteiger partial charge on any atom is -0.335 e. The molecule has 1 saturated heterocycles. The van der Waals surface area contributed by atoms with Crippen LogP contribution in [0.1, 0.15) is 29.6 Å². The van der Waals surface area contributed by atoms with Crippen molar-refractivity contribution in [1.29, 1.82) is 0 Å². The first-order chi connectivity index (χ1) is 7.75. The topological polar surface area (TPSA) is 20.3 Å². The van der Waals surface area contributed by atoms with Crippen molar-refractivity contribution in [2.45, 2.75) is 25.3 Å². The second-order valence-electron chi connectivity index (χ2n) is 4.77. The molecular formula is C13H14INO. The maximum atomic E-state index is 12.4. The predicted molar refractivity (Wildman–Crippen MR) is 71.3 cm³/mol. The van der Waals surface area contributed by atoms with Gasteiger partial charge in [0.25, 0.3) is 5.91 Å². The van der Waals surface area contributed by atoms with Crippen LogP contribution in [0.4, 0.5) is 0 Å². The molecule has 0 aromatic heterocycles. The number of halogens is 1. The normalized spacial score (nSPS) is 27.4. The SMILES string of the molecule is O=C(c1ccccc1I)N1CC2CCC1C2. The third-order valence-electron chi connectivity index (χ3n) is 3.77. The number of carbonyl (C=O) groups excluding carboxylic acids is 1. The zero-order valence-corrected chi connectivity index (χ0v) is 11.2. The number of likely N-dealkylation sites (tertiary alicyclic amines) is 1. The van der Waals surface area contributed by atoms with Gasteiger partial charge < -0.3 is 4.90 Å². The van der Waals surface area contributed by atoms with Crippen LogP contribution >= 0.6 is 22.6 Å². The maximum Gasteiger partial charge on any atom is 0.255 e. The Morgan fingerprint density at radius 2 is 2.12 bits per heavy atom. The Kier molecular flexibility index (Phi) is 2.65. The first-order valence-electron chi connectivity index (χ1n) is 5.81. The highest BCUT2D eigenvalue weighted by atomic mass is 127. The van der Waals surface area contributed by atoms with E-state index in [1.165, 1.54) is 19.3 Å². The van der Waals surface area contributed by atoms with E-state index in [2.05, 4.69) is 27.5 Å². The van der Waals surface area contributed by atoms with Crippen molar-refractivity contribution in [3.05, 3.63) is 33.4 Å². The highest BCUT2D eigenvalue weighted by Crippen LogP contribution is 2.38. The van der Waals surface area contributed by atoms with Crippen LogP contribution in [0.3, 0.4) is 0 Å². The number of nitrogens with zero attached hydrogens (tertiary/aromatic N) is 1. The van der Waals surface area contributed by atoms with E-state index in [-0.39, 0.29) is 5.91 Å². The Labute approximate surface area is 109 Å². The molecule has 2 unspecified atom stereocenters. The van der Waals surface area contributed by atoms with Crippen LogP contribution in [0.2, 0.25) is 0 Å². The highest BCUT2D eigenvalue weighted by molar-refractivity contribution is 14.1. The molecule has 0 spiro atoms. The zero-order valence-electron chi connectivity index (χ0n) is 9.03. The number of hydrogen-bond donors (Lipinski definition) is 0. The molecule has 2 nitrogen and oxygen atoms in total. The maximum absolute atomic E-state index is 12.4. The molecule has 84 valence electrons. The minimum absolute atomic E-state index is 0.234. The van der Waals surface area contributed by atoms with Crippen molar-refractivity contribution in [2.75, 3.05) is 6.54 Å². The van der Waals surface area contributed by atoms with Crippen LogP contribution in [0.5, 0.6) is 0 Å². The van der Waals surface area contributed by atoms with Crippen molar-refractivity contribution in [1.82, 2.24) is 4.90 Å². The molecule has 3 rings (SSSR count). The number of carbonyl (C=O) groups is 1. The van der Waals surface area contributed by atoms with Gasteiger partial charge in [-0.15, -0.1) is 0 Å². The summed E-state index contributed by atoms with van der Waals surface area (Å²) in [5.74, 6) is 1.01. The van der Waals surface area contributed by atoms with Gasteiger partial charge in [0.15, 0.2) is 0 Å². The second kappa shape index (κ2) is 4.02. The van der Waals surface area contributed by atoms with E-state index in [1.807, 2.05) is 24.3 Å². The third kappa shape index (κ3) is 1.65. The number of fused-ring (bicyclic) bond motifs is 2. The quantitative estimate of drug-likeness (QED) is 0.727. The molecule has 1 heterocycles. The van der Waals surface area contributed by atoms with Crippen LogP contribution < -0.4 is 0 Å². The van der Waals surface area contributed by atoms with Crippen LogP contribution in [-0.2, 0) is 0 Å². The summed E-state index contributed by atoms with van der Waals surface area (Å²) >= 11 is 2.24. The molecule has 1 aliphatic heterocycles. The Bertz CT molecular complexity index is 432. The van der Waals surface area contributed by atoms with Crippen molar-refractivity contribution in [3.8, 4) is 0 Å². The summed E-state index contributed by atoms with van der Waals surface area (Å²) in [5.41, 5.74) is 0.871. The fourth-order valence-corrected chi connectivity index (χ4v) is 3.58. The zero-order chi connectivity index (χ0) is 11.1. The largest absolute Gasteiger partial charge is 0.335 e. The number of piperidine rings is 1. The van der Waals surface area contributed by atoms with Gasteiger partial charge in [0.05, 0.1) is 5.56 Å². The predicted octanol–water partition coefficient (Wildman–Crippen LogP) is 2.92. The lowest BCUT2D eigenvalue weighted by molar-refractivity contribution is 0.0702. The molecule has 1 saturated carbocycles. The van der Waals surface area contributed by atoms with E-state index in [1.54, 1.807) is 0 Å². The molecule has 0 radical (unpaired) electrons. The molecule has 2 bridgehead atoms. The molecule has 2 aliphatic rings. The monoisotopic (exact) mass is 327 g/mol. The average molecular weight is 327 g/mol. The van der Waals surface area contributed by atoms with E-state index in [9.17, 15) is 4.79 Å². The van der Waals surface area contributed by atoms with Crippen molar-refractivity contribution < 1.29 is 4.79 Å². The summed E-state index contributed by atoms with van der Waals surface area (Å²) in [4.78, 5) is 14.5. The molecule has 0 N–H and O–H groups in total. The van der Waals surface area contributed by atoms with Crippen LogP contribution in [0, 0.1) is 9.49 Å². The number of hydrogen-bond acceptors (Lipinski definition) is 1. The van der Waals surface area contributed by atoms with Crippen LogP contribution in [0.25, 0.3) is 0 Å². The number of rotatable bonds is 1. The smallest absolute Gasteiger partial charge is 0.255 e. The van der Waals surface area contributed by atoms with Gasteiger partial charge in [0, 0.05) is 16.2 Å². The lowest BCUT2D eigenvalue weighted by atomic mass is 10.1. The first kappa shape index (κ1) is 10.6. The summed E-state index contributed by atoms with van der Waals surface area (Å²) in [6, 6.07) is 8.39. The first-order valence-corrected chi connectivity index (χ1v) is 6.89. The molecule has 2 fully saturated rings. The van der Waals surface area contributed by atoms with Crippen molar-refractivity contribution in [2.24, 2.45) is 5.92 Å². The van der Waals surface area contributed by atoms with E-state index >= 15 is 0 Å². The summed E-state index contributed by atoms with van der Waals surface area (Å²) < 4.78 is 1.06. The van der Waals surface area contributed by atoms with Gasteiger partial charge in [-0.2, -0.15) is 0 Å². The fourth-order valence-electron chi connectivity index (χ4n) is 2.96. The van der Waals surface area contributed by atoms with E-state index in [0.717, 1.165) is 21.6 Å². The average Bonchev–Trinajstić information content (AvgIpc) is 2.90. The lowest BCUT2D eigenvalue weighted by Crippen LogP contribution is -2.37. The molecule has 3 heteroatoms. The highest BCUT2D eigenvalue weighted by Gasteiger charge is 2.40. The standard InChI is InChI=1S/C13H14INO/c14-12-4-2-1-3-11(12)13(16)15-8-9-5-6-10(15)7-9/h1-4,9-10H,5-8H2. The molecule has 16 heavy (non-hydrogen) atoms. The lowest BCUT2D eigenvalue weighted by Gasteiger charge is -2.27. The number of benzene rings is 1. The molecular weight excluding hydrogens is 313 g/mol.